The van der Waals surface area contributed by atoms with Crippen molar-refractivity contribution in [1.29, 1.82) is 0 Å². The van der Waals surface area contributed by atoms with Crippen LogP contribution in [0.1, 0.15) is 31.2 Å². The van der Waals surface area contributed by atoms with Crippen molar-refractivity contribution in [3.63, 3.8) is 0 Å². The molecule has 1 aromatic rings. The van der Waals surface area contributed by atoms with E-state index in [2.05, 4.69) is 17.6 Å². The van der Waals surface area contributed by atoms with Crippen LogP contribution >= 0.6 is 0 Å². The maximum Gasteiger partial charge on any atom is 0.231 e. The quantitative estimate of drug-likeness (QED) is 0.875. The van der Waals surface area contributed by atoms with Gasteiger partial charge in [0.1, 0.15) is 0 Å². The second kappa shape index (κ2) is 5.70. The molecule has 0 saturated carbocycles. The highest BCUT2D eigenvalue weighted by Crippen LogP contribution is 2.36. The van der Waals surface area contributed by atoms with Crippen LogP contribution in [0.4, 0.5) is 5.69 Å². The number of benzene rings is 1. The molecule has 0 spiro atoms. The summed E-state index contributed by atoms with van der Waals surface area (Å²) in [5, 5.41) is 7.09. The van der Waals surface area contributed by atoms with Gasteiger partial charge in [0, 0.05) is 24.3 Å². The van der Waals surface area contributed by atoms with E-state index in [1.807, 2.05) is 12.1 Å². The Hall–Kier alpha value is -1.42. The normalized spacial score (nSPS) is 21.4. The van der Waals surface area contributed by atoms with E-state index in [0.29, 0.717) is 12.8 Å². The molecule has 0 amide bonds. The van der Waals surface area contributed by atoms with Crippen LogP contribution in [-0.2, 0) is 0 Å². The highest BCUT2D eigenvalue weighted by molar-refractivity contribution is 5.60. The lowest BCUT2D eigenvalue weighted by molar-refractivity contribution is 0.174. The molecular formula is C15H22N2O2. The second-order valence-electron chi connectivity index (χ2n) is 5.38. The molecule has 2 heterocycles. The van der Waals surface area contributed by atoms with Gasteiger partial charge in [-0.25, -0.2) is 0 Å². The van der Waals surface area contributed by atoms with Gasteiger partial charge in [-0.3, -0.25) is 0 Å². The van der Waals surface area contributed by atoms with Crippen molar-refractivity contribution >= 4 is 5.69 Å². The Morgan fingerprint density at radius 2 is 2.11 bits per heavy atom. The molecule has 2 aliphatic rings. The SMILES string of the molecule is Cc1cc2c(cc1NCCC1CCCCN1)OCO2. The third kappa shape index (κ3) is 2.95. The van der Waals surface area contributed by atoms with E-state index >= 15 is 0 Å². The van der Waals surface area contributed by atoms with Crippen molar-refractivity contribution < 1.29 is 9.47 Å². The molecule has 104 valence electrons. The fraction of sp³-hybridized carbons (Fsp3) is 0.600. The average Bonchev–Trinajstić information content (AvgIpc) is 2.87. The maximum atomic E-state index is 5.42. The average molecular weight is 262 g/mol. The third-order valence-corrected chi connectivity index (χ3v) is 3.94. The smallest absolute Gasteiger partial charge is 0.231 e. The molecular weight excluding hydrogens is 240 g/mol. The van der Waals surface area contributed by atoms with Crippen molar-refractivity contribution in [1.82, 2.24) is 5.32 Å². The zero-order valence-electron chi connectivity index (χ0n) is 11.5. The summed E-state index contributed by atoms with van der Waals surface area (Å²) < 4.78 is 10.8. The van der Waals surface area contributed by atoms with Crippen LogP contribution in [0.2, 0.25) is 0 Å². The predicted molar refractivity (Wildman–Crippen MR) is 76.1 cm³/mol. The van der Waals surface area contributed by atoms with Crippen molar-refractivity contribution in [2.75, 3.05) is 25.2 Å². The molecule has 2 aliphatic heterocycles. The predicted octanol–water partition coefficient (Wildman–Crippen LogP) is 2.67. The zero-order chi connectivity index (χ0) is 13.1. The second-order valence-corrected chi connectivity index (χ2v) is 5.38. The summed E-state index contributed by atoms with van der Waals surface area (Å²) in [4.78, 5) is 0. The summed E-state index contributed by atoms with van der Waals surface area (Å²) in [6.45, 7) is 4.61. The number of piperidine rings is 1. The molecule has 1 aromatic carbocycles. The molecule has 1 atom stereocenters. The van der Waals surface area contributed by atoms with Gasteiger partial charge in [-0.2, -0.15) is 0 Å². The number of aryl methyl sites for hydroxylation is 1. The minimum Gasteiger partial charge on any atom is -0.454 e. The molecule has 0 radical (unpaired) electrons. The first-order valence-corrected chi connectivity index (χ1v) is 7.20. The molecule has 1 unspecified atom stereocenters. The highest BCUT2D eigenvalue weighted by atomic mass is 16.7. The molecule has 3 rings (SSSR count). The van der Waals surface area contributed by atoms with Gasteiger partial charge in [-0.15, -0.1) is 0 Å². The molecule has 0 aromatic heterocycles. The largest absolute Gasteiger partial charge is 0.454 e. The van der Waals surface area contributed by atoms with Crippen LogP contribution in [0.25, 0.3) is 0 Å². The Bertz CT molecular complexity index is 442. The fourth-order valence-electron chi connectivity index (χ4n) is 2.79. The first-order valence-electron chi connectivity index (χ1n) is 7.20. The summed E-state index contributed by atoms with van der Waals surface area (Å²) in [5.74, 6) is 1.71. The lowest BCUT2D eigenvalue weighted by atomic mass is 10.0. The molecule has 4 heteroatoms. The summed E-state index contributed by atoms with van der Waals surface area (Å²) in [6, 6.07) is 4.77. The van der Waals surface area contributed by atoms with Crippen LogP contribution < -0.4 is 20.1 Å². The van der Waals surface area contributed by atoms with Crippen molar-refractivity contribution in [3.8, 4) is 11.5 Å². The molecule has 19 heavy (non-hydrogen) atoms. The van der Waals surface area contributed by atoms with Gasteiger partial charge >= 0.3 is 0 Å². The third-order valence-electron chi connectivity index (χ3n) is 3.94. The lowest BCUT2D eigenvalue weighted by Gasteiger charge is -2.23. The molecule has 1 fully saturated rings. The van der Waals surface area contributed by atoms with Crippen molar-refractivity contribution in [2.24, 2.45) is 0 Å². The van der Waals surface area contributed by atoms with Gasteiger partial charge in [0.25, 0.3) is 0 Å². The Morgan fingerprint density at radius 1 is 1.26 bits per heavy atom. The van der Waals surface area contributed by atoms with Crippen LogP contribution in [0, 0.1) is 6.92 Å². The molecule has 1 saturated heterocycles. The molecule has 0 aliphatic carbocycles. The Labute approximate surface area is 114 Å². The first-order chi connectivity index (χ1) is 9.33. The van der Waals surface area contributed by atoms with E-state index in [-0.39, 0.29) is 0 Å². The fourth-order valence-corrected chi connectivity index (χ4v) is 2.79. The number of anilines is 1. The monoisotopic (exact) mass is 262 g/mol. The van der Waals surface area contributed by atoms with Gasteiger partial charge in [0.05, 0.1) is 0 Å². The van der Waals surface area contributed by atoms with Crippen LogP contribution in [0.15, 0.2) is 12.1 Å². The van der Waals surface area contributed by atoms with Gasteiger partial charge in [-0.05, 0) is 44.4 Å². The van der Waals surface area contributed by atoms with Crippen molar-refractivity contribution in [2.45, 2.75) is 38.6 Å². The molecule has 2 N–H and O–H groups in total. The number of rotatable bonds is 4. The van der Waals surface area contributed by atoms with Crippen LogP contribution in [-0.4, -0.2) is 25.9 Å². The summed E-state index contributed by atoms with van der Waals surface area (Å²) in [6.07, 6.45) is 5.17. The number of ether oxygens (including phenoxy) is 2. The highest BCUT2D eigenvalue weighted by Gasteiger charge is 2.16. The topological polar surface area (TPSA) is 42.5 Å². The van der Waals surface area contributed by atoms with E-state index in [4.69, 9.17) is 9.47 Å². The molecule has 0 bridgehead atoms. The Morgan fingerprint density at radius 3 is 2.89 bits per heavy atom. The van der Waals surface area contributed by atoms with E-state index < -0.39 is 0 Å². The van der Waals surface area contributed by atoms with Gasteiger partial charge in [-0.1, -0.05) is 6.42 Å². The standard InChI is InChI=1S/C15H22N2O2/c1-11-8-14-15(19-10-18-14)9-13(11)17-7-5-12-4-2-3-6-16-12/h8-9,12,16-17H,2-7,10H2,1H3. The van der Waals surface area contributed by atoms with E-state index in [1.54, 1.807) is 0 Å². The van der Waals surface area contributed by atoms with Gasteiger partial charge < -0.3 is 20.1 Å². The zero-order valence-corrected chi connectivity index (χ0v) is 11.5. The summed E-state index contributed by atoms with van der Waals surface area (Å²) in [5.41, 5.74) is 2.36. The van der Waals surface area contributed by atoms with E-state index in [0.717, 1.165) is 23.7 Å². The van der Waals surface area contributed by atoms with Gasteiger partial charge in [0.15, 0.2) is 11.5 Å². The number of nitrogens with one attached hydrogen (secondary N) is 2. The first kappa shape index (κ1) is 12.6. The van der Waals surface area contributed by atoms with E-state index in [9.17, 15) is 0 Å². The number of fused-ring (bicyclic) bond motifs is 1. The maximum absolute atomic E-state index is 5.42. The van der Waals surface area contributed by atoms with Crippen LogP contribution in [0.3, 0.4) is 0 Å². The van der Waals surface area contributed by atoms with Crippen molar-refractivity contribution in [3.05, 3.63) is 17.7 Å². The number of hydrogen-bond acceptors (Lipinski definition) is 4. The summed E-state index contributed by atoms with van der Waals surface area (Å²) >= 11 is 0. The minimum atomic E-state index is 0.338. The summed E-state index contributed by atoms with van der Waals surface area (Å²) in [7, 11) is 0. The Kier molecular flexibility index (Phi) is 3.78. The lowest BCUT2D eigenvalue weighted by Crippen LogP contribution is -2.35. The Balaban J connectivity index is 1.54. The number of hydrogen-bond donors (Lipinski definition) is 2. The van der Waals surface area contributed by atoms with E-state index in [1.165, 1.54) is 37.8 Å². The minimum absolute atomic E-state index is 0.338. The van der Waals surface area contributed by atoms with Gasteiger partial charge in [0.2, 0.25) is 6.79 Å². The molecule has 4 nitrogen and oxygen atoms in total. The van der Waals surface area contributed by atoms with Crippen LogP contribution in [0.5, 0.6) is 11.5 Å².